The van der Waals surface area contributed by atoms with Crippen LogP contribution in [0.2, 0.25) is 0 Å². The largest absolute Gasteiger partial charge is 0.368 e. The van der Waals surface area contributed by atoms with Crippen molar-refractivity contribution in [2.75, 3.05) is 44.7 Å². The van der Waals surface area contributed by atoms with Gasteiger partial charge >= 0.3 is 0 Å². The summed E-state index contributed by atoms with van der Waals surface area (Å²) in [6.07, 6.45) is 7.43. The quantitative estimate of drug-likeness (QED) is 0.774. The van der Waals surface area contributed by atoms with Gasteiger partial charge in [0.25, 0.3) is 5.91 Å². The molecule has 25 heavy (non-hydrogen) atoms. The number of piperazine rings is 1. The number of para-hydroxylation sites is 1. The highest BCUT2D eigenvalue weighted by Gasteiger charge is 2.38. The number of rotatable bonds is 7. The second-order valence-corrected chi connectivity index (χ2v) is 6.70. The van der Waals surface area contributed by atoms with Gasteiger partial charge in [0.15, 0.2) is 5.66 Å². The van der Waals surface area contributed by atoms with Crippen molar-refractivity contribution in [3.05, 3.63) is 29.8 Å². The van der Waals surface area contributed by atoms with Crippen molar-refractivity contribution in [2.45, 2.75) is 24.9 Å². The Hall–Kier alpha value is -2.39. The molecule has 1 fully saturated rings. The molecule has 0 spiro atoms. The standard InChI is InChI=1S/C19H25N5O/c1-3-4-9-19(21-22-19)10-11-20-18(25)16-7-5-6-8-17(16)24-14-12-23(2)13-15-24/h1,5-8H,4,9-15H2,2H3,(H,20,25). The van der Waals surface area contributed by atoms with E-state index >= 15 is 0 Å². The molecular formula is C19H25N5O. The fourth-order valence-electron chi connectivity index (χ4n) is 3.13. The average Bonchev–Trinajstić information content (AvgIpc) is 3.41. The highest BCUT2D eigenvalue weighted by Crippen LogP contribution is 2.36. The molecule has 6 nitrogen and oxygen atoms in total. The van der Waals surface area contributed by atoms with Gasteiger partial charge in [0.05, 0.1) is 5.56 Å². The maximum atomic E-state index is 12.7. The van der Waals surface area contributed by atoms with Crippen LogP contribution in [-0.4, -0.2) is 56.2 Å². The Morgan fingerprint density at radius 3 is 2.64 bits per heavy atom. The minimum absolute atomic E-state index is 0.0396. The molecule has 0 atom stereocenters. The summed E-state index contributed by atoms with van der Waals surface area (Å²) in [5.41, 5.74) is 1.39. The van der Waals surface area contributed by atoms with Crippen LogP contribution in [-0.2, 0) is 0 Å². The molecule has 0 aliphatic carbocycles. The van der Waals surface area contributed by atoms with Gasteiger partial charge in [0.1, 0.15) is 0 Å². The number of nitrogens with one attached hydrogen (secondary N) is 1. The van der Waals surface area contributed by atoms with Crippen LogP contribution in [0.25, 0.3) is 0 Å². The smallest absolute Gasteiger partial charge is 0.253 e. The zero-order valence-corrected chi connectivity index (χ0v) is 14.7. The van der Waals surface area contributed by atoms with Gasteiger partial charge in [-0.3, -0.25) is 4.79 Å². The van der Waals surface area contributed by atoms with E-state index < -0.39 is 0 Å². The molecule has 0 radical (unpaired) electrons. The molecule has 1 N–H and O–H groups in total. The topological polar surface area (TPSA) is 60.3 Å². The number of carbonyl (C=O) groups excluding carboxylic acids is 1. The number of terminal acetylenes is 1. The lowest BCUT2D eigenvalue weighted by Crippen LogP contribution is -2.45. The van der Waals surface area contributed by atoms with Gasteiger partial charge in [-0.25, -0.2) is 0 Å². The maximum Gasteiger partial charge on any atom is 0.253 e. The first kappa shape index (κ1) is 17.4. The fraction of sp³-hybridized carbons (Fsp3) is 0.526. The molecule has 0 unspecified atom stereocenters. The highest BCUT2D eigenvalue weighted by molar-refractivity contribution is 5.99. The van der Waals surface area contributed by atoms with Gasteiger partial charge in [0, 0.05) is 57.7 Å². The number of anilines is 1. The molecule has 1 saturated heterocycles. The van der Waals surface area contributed by atoms with Crippen molar-refractivity contribution in [1.29, 1.82) is 0 Å². The predicted octanol–water partition coefficient (Wildman–Crippen LogP) is 2.13. The Balaban J connectivity index is 1.56. The molecule has 6 heteroatoms. The summed E-state index contributed by atoms with van der Waals surface area (Å²) in [5.74, 6) is 2.58. The molecule has 0 aromatic heterocycles. The number of nitrogens with zero attached hydrogens (tertiary/aromatic N) is 4. The molecule has 2 aliphatic heterocycles. The number of hydrogen-bond acceptors (Lipinski definition) is 5. The zero-order chi connectivity index (χ0) is 17.7. The monoisotopic (exact) mass is 339 g/mol. The Bertz CT molecular complexity index is 679. The molecule has 0 bridgehead atoms. The third kappa shape index (κ3) is 4.37. The predicted molar refractivity (Wildman–Crippen MR) is 98.8 cm³/mol. The summed E-state index contributed by atoms with van der Waals surface area (Å²) in [4.78, 5) is 17.2. The first-order valence-corrected chi connectivity index (χ1v) is 8.82. The summed E-state index contributed by atoms with van der Waals surface area (Å²) in [7, 11) is 2.12. The maximum absolute atomic E-state index is 12.7. The summed E-state index contributed by atoms with van der Waals surface area (Å²) in [6, 6.07) is 7.82. The van der Waals surface area contributed by atoms with Crippen LogP contribution in [0.15, 0.2) is 34.5 Å². The van der Waals surface area contributed by atoms with Gasteiger partial charge in [-0.1, -0.05) is 12.1 Å². The first-order valence-electron chi connectivity index (χ1n) is 8.82. The normalized spacial score (nSPS) is 18.6. The zero-order valence-electron chi connectivity index (χ0n) is 14.7. The van der Waals surface area contributed by atoms with Crippen molar-refractivity contribution >= 4 is 11.6 Å². The fourth-order valence-corrected chi connectivity index (χ4v) is 3.13. The second kappa shape index (κ2) is 7.66. The van der Waals surface area contributed by atoms with Crippen molar-refractivity contribution in [1.82, 2.24) is 10.2 Å². The molecule has 0 saturated carbocycles. The van der Waals surface area contributed by atoms with E-state index in [1.807, 2.05) is 24.3 Å². The lowest BCUT2D eigenvalue weighted by molar-refractivity contribution is 0.0952. The summed E-state index contributed by atoms with van der Waals surface area (Å²) in [5, 5.41) is 11.2. The minimum Gasteiger partial charge on any atom is -0.368 e. The van der Waals surface area contributed by atoms with E-state index in [0.717, 1.165) is 43.9 Å². The third-order valence-corrected chi connectivity index (χ3v) is 4.86. The van der Waals surface area contributed by atoms with Gasteiger partial charge in [-0.2, -0.15) is 10.2 Å². The molecule has 2 heterocycles. The van der Waals surface area contributed by atoms with Gasteiger partial charge in [-0.05, 0) is 19.2 Å². The van der Waals surface area contributed by atoms with Gasteiger partial charge in [-0.15, -0.1) is 12.3 Å². The van der Waals surface area contributed by atoms with Crippen LogP contribution in [0.1, 0.15) is 29.6 Å². The van der Waals surface area contributed by atoms with E-state index in [1.165, 1.54) is 0 Å². The third-order valence-electron chi connectivity index (χ3n) is 4.86. The van der Waals surface area contributed by atoms with Crippen LogP contribution in [0, 0.1) is 12.3 Å². The number of benzene rings is 1. The second-order valence-electron chi connectivity index (χ2n) is 6.70. The molecule has 1 amide bonds. The summed E-state index contributed by atoms with van der Waals surface area (Å²) < 4.78 is 0. The lowest BCUT2D eigenvalue weighted by Gasteiger charge is -2.35. The van der Waals surface area contributed by atoms with E-state index in [2.05, 4.69) is 38.3 Å². The molecule has 2 aliphatic rings. The van der Waals surface area contributed by atoms with Crippen molar-refractivity contribution in [2.24, 2.45) is 10.2 Å². The van der Waals surface area contributed by atoms with E-state index in [0.29, 0.717) is 19.4 Å². The molecule has 1 aromatic rings. The van der Waals surface area contributed by atoms with Crippen LogP contribution >= 0.6 is 0 Å². The Kier molecular flexibility index (Phi) is 5.34. The van der Waals surface area contributed by atoms with Crippen molar-refractivity contribution in [3.63, 3.8) is 0 Å². The first-order chi connectivity index (χ1) is 12.1. The van der Waals surface area contributed by atoms with Gasteiger partial charge < -0.3 is 15.1 Å². The van der Waals surface area contributed by atoms with Crippen LogP contribution in [0.3, 0.4) is 0 Å². The van der Waals surface area contributed by atoms with Crippen LogP contribution in [0.5, 0.6) is 0 Å². The molecule has 3 rings (SSSR count). The Morgan fingerprint density at radius 1 is 1.24 bits per heavy atom. The van der Waals surface area contributed by atoms with E-state index in [1.54, 1.807) is 0 Å². The van der Waals surface area contributed by atoms with E-state index in [9.17, 15) is 4.79 Å². The highest BCUT2D eigenvalue weighted by atomic mass is 16.1. The summed E-state index contributed by atoms with van der Waals surface area (Å²) >= 11 is 0. The summed E-state index contributed by atoms with van der Waals surface area (Å²) in [6.45, 7) is 4.45. The van der Waals surface area contributed by atoms with Gasteiger partial charge in [0.2, 0.25) is 0 Å². The molecule has 132 valence electrons. The van der Waals surface area contributed by atoms with E-state index in [4.69, 9.17) is 6.42 Å². The average molecular weight is 339 g/mol. The number of likely N-dealkylation sites (N-methyl/N-ethyl adjacent to an activating group) is 1. The SMILES string of the molecule is C#CCCC1(CCNC(=O)c2ccccc2N2CCN(C)CC2)N=N1. The Labute approximate surface area is 149 Å². The number of hydrogen-bond donors (Lipinski definition) is 1. The van der Waals surface area contributed by atoms with Crippen LogP contribution in [0.4, 0.5) is 5.69 Å². The van der Waals surface area contributed by atoms with Crippen molar-refractivity contribution < 1.29 is 4.79 Å². The van der Waals surface area contributed by atoms with E-state index in [-0.39, 0.29) is 11.6 Å². The molecule has 1 aromatic carbocycles. The number of amides is 1. The number of carbonyl (C=O) groups is 1. The minimum atomic E-state index is -0.351. The lowest BCUT2D eigenvalue weighted by atomic mass is 10.0. The molecular weight excluding hydrogens is 314 g/mol. The Morgan fingerprint density at radius 2 is 1.96 bits per heavy atom. The van der Waals surface area contributed by atoms with Crippen LogP contribution < -0.4 is 10.2 Å². The van der Waals surface area contributed by atoms with Crippen molar-refractivity contribution in [3.8, 4) is 12.3 Å².